The van der Waals surface area contributed by atoms with Gasteiger partial charge in [-0.3, -0.25) is 24.6 Å². The van der Waals surface area contributed by atoms with E-state index in [2.05, 4.69) is 35.2 Å². The van der Waals surface area contributed by atoms with Crippen LogP contribution < -0.4 is 10.2 Å². The maximum atomic E-state index is 13.0. The Morgan fingerprint density at radius 1 is 1.12 bits per heavy atom. The number of amides is 3. The van der Waals surface area contributed by atoms with E-state index in [-0.39, 0.29) is 24.1 Å². The molecular weight excluding hydrogens is 420 g/mol. The van der Waals surface area contributed by atoms with Crippen molar-refractivity contribution < 1.29 is 19.1 Å². The quantitative estimate of drug-likeness (QED) is 0.662. The zero-order valence-corrected chi connectivity index (χ0v) is 19.6. The molecule has 1 aromatic carbocycles. The second kappa shape index (κ2) is 9.06. The summed E-state index contributed by atoms with van der Waals surface area (Å²) in [6, 6.07) is 6.44. The number of hydrogen-bond acceptors (Lipinski definition) is 6. The van der Waals surface area contributed by atoms with E-state index in [1.165, 1.54) is 19.3 Å². The highest BCUT2D eigenvalue weighted by Crippen LogP contribution is 2.35. The third kappa shape index (κ3) is 4.15. The first-order valence-electron chi connectivity index (χ1n) is 12.3. The molecule has 3 fully saturated rings. The summed E-state index contributed by atoms with van der Waals surface area (Å²) in [6.45, 7) is 5.28. The average Bonchev–Trinajstić information content (AvgIpc) is 3.11. The highest BCUT2D eigenvalue weighted by atomic mass is 16.5. The molecule has 1 aromatic rings. The first-order valence-corrected chi connectivity index (χ1v) is 12.3. The van der Waals surface area contributed by atoms with Gasteiger partial charge in [-0.2, -0.15) is 0 Å². The summed E-state index contributed by atoms with van der Waals surface area (Å²) in [5, 5.41) is 2.37. The van der Waals surface area contributed by atoms with E-state index in [9.17, 15) is 14.4 Å². The summed E-state index contributed by atoms with van der Waals surface area (Å²) in [4.78, 5) is 43.4. The molecule has 8 heteroatoms. The number of carbonyl (C=O) groups is 3. The van der Waals surface area contributed by atoms with Gasteiger partial charge in [-0.05, 0) is 49.9 Å². The van der Waals surface area contributed by atoms with Crippen molar-refractivity contribution in [2.24, 2.45) is 0 Å². The number of fused-ring (bicyclic) bond motifs is 1. The molecule has 3 aliphatic heterocycles. The lowest BCUT2D eigenvalue weighted by Crippen LogP contribution is -2.62. The summed E-state index contributed by atoms with van der Waals surface area (Å²) in [6.07, 6.45) is 5.90. The van der Waals surface area contributed by atoms with Crippen LogP contribution in [-0.2, 0) is 20.9 Å². The van der Waals surface area contributed by atoms with E-state index in [4.69, 9.17) is 4.74 Å². The molecule has 1 N–H and O–H groups in total. The minimum atomic E-state index is -0.573. The van der Waals surface area contributed by atoms with E-state index in [1.807, 2.05) is 12.1 Å². The van der Waals surface area contributed by atoms with Crippen LogP contribution >= 0.6 is 0 Å². The standard InChI is InChI=1S/C25H34N4O4/c1-3-33-18-14-28(15-18)21-7-5-4-6-20(21)27(2)17-8-9-19-16(12-17)13-29(25(19)32)22-10-11-23(30)26-24(22)31/h8-9,12,18,20-22H,3-7,10-11,13-15H2,1-2H3,(H,26,30,31). The summed E-state index contributed by atoms with van der Waals surface area (Å²) in [5.74, 6) is -0.748. The highest BCUT2D eigenvalue weighted by molar-refractivity contribution is 6.05. The Morgan fingerprint density at radius 2 is 1.91 bits per heavy atom. The van der Waals surface area contributed by atoms with Gasteiger partial charge >= 0.3 is 0 Å². The number of likely N-dealkylation sites (N-methyl/N-ethyl adjacent to an activating group) is 1. The molecule has 3 heterocycles. The third-order valence-electron chi connectivity index (χ3n) is 7.85. The predicted molar refractivity (Wildman–Crippen MR) is 124 cm³/mol. The van der Waals surface area contributed by atoms with Crippen LogP contribution in [0.1, 0.15) is 61.4 Å². The van der Waals surface area contributed by atoms with Gasteiger partial charge in [0.1, 0.15) is 6.04 Å². The first kappa shape index (κ1) is 22.3. The number of ether oxygens (including phenoxy) is 1. The van der Waals surface area contributed by atoms with E-state index >= 15 is 0 Å². The summed E-state index contributed by atoms with van der Waals surface area (Å²) in [5.41, 5.74) is 2.74. The van der Waals surface area contributed by atoms with Gasteiger partial charge in [0.25, 0.3) is 5.91 Å². The van der Waals surface area contributed by atoms with Crippen molar-refractivity contribution in [3.05, 3.63) is 29.3 Å². The molecule has 1 saturated carbocycles. The van der Waals surface area contributed by atoms with Gasteiger partial charge in [0.15, 0.2) is 0 Å². The van der Waals surface area contributed by atoms with Crippen LogP contribution in [0.15, 0.2) is 18.2 Å². The number of imide groups is 1. The molecule has 178 valence electrons. The number of anilines is 1. The number of nitrogens with one attached hydrogen (secondary N) is 1. The monoisotopic (exact) mass is 454 g/mol. The fourth-order valence-corrected chi connectivity index (χ4v) is 6.02. The fraction of sp³-hybridized carbons (Fsp3) is 0.640. The minimum absolute atomic E-state index is 0.119. The number of likely N-dealkylation sites (tertiary alicyclic amines) is 1. The Kier molecular flexibility index (Phi) is 6.14. The summed E-state index contributed by atoms with van der Waals surface area (Å²) in [7, 11) is 2.17. The summed E-state index contributed by atoms with van der Waals surface area (Å²) >= 11 is 0. The van der Waals surface area contributed by atoms with Crippen molar-refractivity contribution in [3.8, 4) is 0 Å². The molecule has 3 atom stereocenters. The smallest absolute Gasteiger partial charge is 0.255 e. The van der Waals surface area contributed by atoms with Crippen molar-refractivity contribution in [2.75, 3.05) is 31.6 Å². The lowest BCUT2D eigenvalue weighted by atomic mass is 9.86. The van der Waals surface area contributed by atoms with Crippen molar-refractivity contribution in [1.82, 2.24) is 15.1 Å². The van der Waals surface area contributed by atoms with Gasteiger partial charge < -0.3 is 14.5 Å². The van der Waals surface area contributed by atoms with E-state index in [0.717, 1.165) is 37.4 Å². The van der Waals surface area contributed by atoms with Gasteiger partial charge in [0.05, 0.1) is 6.10 Å². The maximum absolute atomic E-state index is 13.0. The first-order chi connectivity index (χ1) is 16.0. The molecule has 8 nitrogen and oxygen atoms in total. The van der Waals surface area contributed by atoms with Crippen LogP contribution in [0.2, 0.25) is 0 Å². The molecule has 5 rings (SSSR count). The molecule has 0 radical (unpaired) electrons. The van der Waals surface area contributed by atoms with Crippen molar-refractivity contribution >= 4 is 23.4 Å². The van der Waals surface area contributed by atoms with Crippen LogP contribution in [0.5, 0.6) is 0 Å². The topological polar surface area (TPSA) is 82.2 Å². The Hall–Kier alpha value is -2.45. The summed E-state index contributed by atoms with van der Waals surface area (Å²) < 4.78 is 5.77. The molecule has 0 aromatic heterocycles. The third-order valence-corrected chi connectivity index (χ3v) is 7.85. The van der Waals surface area contributed by atoms with E-state index in [1.54, 1.807) is 4.90 Å². The van der Waals surface area contributed by atoms with Crippen molar-refractivity contribution in [1.29, 1.82) is 0 Å². The lowest BCUT2D eigenvalue weighted by molar-refractivity contribution is -0.136. The number of carbonyl (C=O) groups excluding carboxylic acids is 3. The Labute approximate surface area is 195 Å². The molecule has 4 aliphatic rings. The average molecular weight is 455 g/mol. The molecule has 1 aliphatic carbocycles. The molecular formula is C25H34N4O4. The van der Waals surface area contributed by atoms with Gasteiger partial charge in [-0.1, -0.05) is 12.8 Å². The second-order valence-corrected chi connectivity index (χ2v) is 9.80. The van der Waals surface area contributed by atoms with Crippen LogP contribution in [0.25, 0.3) is 0 Å². The van der Waals surface area contributed by atoms with Crippen LogP contribution in [0.3, 0.4) is 0 Å². The van der Waals surface area contributed by atoms with Gasteiger partial charge in [0, 0.05) is 63.0 Å². The number of rotatable bonds is 6. The maximum Gasteiger partial charge on any atom is 0.255 e. The highest BCUT2D eigenvalue weighted by Gasteiger charge is 2.41. The molecule has 0 bridgehead atoms. The number of piperidine rings is 1. The predicted octanol–water partition coefficient (Wildman–Crippen LogP) is 1.92. The molecule has 2 saturated heterocycles. The minimum Gasteiger partial charge on any atom is -0.376 e. The Morgan fingerprint density at radius 3 is 2.67 bits per heavy atom. The van der Waals surface area contributed by atoms with Gasteiger partial charge in [-0.25, -0.2) is 0 Å². The SMILES string of the molecule is CCOC1CN(C2CCCCC2N(C)c2ccc3c(c2)CN(C2CCC(=O)NC2=O)C3=O)C1. The largest absolute Gasteiger partial charge is 0.376 e. The van der Waals surface area contributed by atoms with E-state index < -0.39 is 6.04 Å². The van der Waals surface area contributed by atoms with Crippen molar-refractivity contribution in [3.63, 3.8) is 0 Å². The normalized spacial score (nSPS) is 28.5. The van der Waals surface area contributed by atoms with E-state index in [0.29, 0.717) is 36.7 Å². The molecule has 0 spiro atoms. The Balaban J connectivity index is 1.30. The Bertz CT molecular complexity index is 944. The zero-order valence-electron chi connectivity index (χ0n) is 19.6. The molecule has 33 heavy (non-hydrogen) atoms. The van der Waals surface area contributed by atoms with Crippen LogP contribution in [0.4, 0.5) is 5.69 Å². The molecule has 3 amide bonds. The van der Waals surface area contributed by atoms with Crippen LogP contribution in [-0.4, -0.2) is 78.5 Å². The molecule has 3 unspecified atom stereocenters. The van der Waals surface area contributed by atoms with Gasteiger partial charge in [-0.15, -0.1) is 0 Å². The lowest BCUT2D eigenvalue weighted by Gasteiger charge is -2.50. The zero-order chi connectivity index (χ0) is 23.1. The van der Waals surface area contributed by atoms with Crippen molar-refractivity contribution in [2.45, 2.75) is 76.2 Å². The number of benzene rings is 1. The number of hydrogen-bond donors (Lipinski definition) is 1. The van der Waals surface area contributed by atoms with Gasteiger partial charge in [0.2, 0.25) is 11.8 Å². The number of nitrogens with zero attached hydrogens (tertiary/aromatic N) is 3. The van der Waals surface area contributed by atoms with Crippen LogP contribution in [0, 0.1) is 0 Å². The fourth-order valence-electron chi connectivity index (χ4n) is 6.02. The second-order valence-electron chi connectivity index (χ2n) is 9.80.